The highest BCUT2D eigenvalue weighted by Crippen LogP contribution is 2.22. The summed E-state index contributed by atoms with van der Waals surface area (Å²) in [5.41, 5.74) is 1.25. The zero-order valence-electron chi connectivity index (χ0n) is 8.15. The Bertz CT molecular complexity index is 434. The first-order valence-electron chi connectivity index (χ1n) is 4.75. The van der Waals surface area contributed by atoms with Crippen LogP contribution >= 0.6 is 0 Å². The van der Waals surface area contributed by atoms with Crippen LogP contribution in [0.1, 0.15) is 12.0 Å². The Labute approximate surface area is 87.5 Å². The highest BCUT2D eigenvalue weighted by molar-refractivity contribution is 5.58. The van der Waals surface area contributed by atoms with Crippen molar-refractivity contribution in [3.05, 3.63) is 35.9 Å². The Kier molecular flexibility index (Phi) is 2.64. The number of nitrogens with zero attached hydrogens (tertiary/aromatic N) is 3. The number of hydrogen-bond acceptors (Lipinski definition) is 3. The lowest BCUT2D eigenvalue weighted by Gasteiger charge is -2.26. The first kappa shape index (κ1) is 9.66. The third-order valence-electron chi connectivity index (χ3n) is 2.37. The Morgan fingerprint density at radius 1 is 1.53 bits per heavy atom. The van der Waals surface area contributed by atoms with E-state index < -0.39 is 0 Å². The molecule has 1 aliphatic rings. The monoisotopic (exact) mass is 203 g/mol. The molecule has 0 spiro atoms. The molecule has 0 atom stereocenters. The second kappa shape index (κ2) is 4.09. The van der Waals surface area contributed by atoms with E-state index in [0.29, 0.717) is 17.7 Å². The molecule has 1 aliphatic heterocycles. The van der Waals surface area contributed by atoms with E-state index in [2.05, 4.69) is 11.1 Å². The normalized spacial score (nSPS) is 15.7. The van der Waals surface area contributed by atoms with Gasteiger partial charge in [-0.1, -0.05) is 0 Å². The fraction of sp³-hybridized carbons (Fsp3) is 0.273. The van der Waals surface area contributed by atoms with Gasteiger partial charge < -0.3 is 4.90 Å². The van der Waals surface area contributed by atoms with Crippen LogP contribution in [0.5, 0.6) is 0 Å². The maximum Gasteiger partial charge on any atom is 0.115 e. The minimum Gasteiger partial charge on any atom is -0.362 e. The number of anilines is 1. The third kappa shape index (κ3) is 1.96. The largest absolute Gasteiger partial charge is 0.362 e. The van der Waals surface area contributed by atoms with Crippen LogP contribution in [-0.4, -0.2) is 18.1 Å². The summed E-state index contributed by atoms with van der Waals surface area (Å²) in [6, 6.07) is 3.73. The van der Waals surface area contributed by atoms with Crippen LogP contribution in [0, 0.1) is 11.3 Å². The van der Waals surface area contributed by atoms with Crippen LogP contribution in [0.2, 0.25) is 0 Å². The lowest BCUT2D eigenvalue weighted by Crippen LogP contribution is -2.29. The van der Waals surface area contributed by atoms with E-state index in [0.717, 1.165) is 6.54 Å². The number of halogens is 1. The molecule has 0 fully saturated rings. The van der Waals surface area contributed by atoms with Crippen LogP contribution in [0.4, 0.5) is 10.1 Å². The van der Waals surface area contributed by atoms with E-state index in [1.54, 1.807) is 24.5 Å². The molecule has 1 aromatic heterocycles. The fourth-order valence-corrected chi connectivity index (χ4v) is 1.64. The van der Waals surface area contributed by atoms with Crippen LogP contribution in [-0.2, 0) is 0 Å². The number of aromatic nitrogens is 1. The van der Waals surface area contributed by atoms with Crippen molar-refractivity contribution in [3.63, 3.8) is 0 Å². The Morgan fingerprint density at radius 2 is 2.40 bits per heavy atom. The highest BCUT2D eigenvalue weighted by Gasteiger charge is 2.15. The molecule has 3 nitrogen and oxygen atoms in total. The zero-order chi connectivity index (χ0) is 10.7. The molecule has 76 valence electrons. The van der Waals surface area contributed by atoms with Crippen LogP contribution in [0.25, 0.3) is 0 Å². The van der Waals surface area contributed by atoms with Crippen molar-refractivity contribution in [3.8, 4) is 6.07 Å². The number of pyridine rings is 1. The summed E-state index contributed by atoms with van der Waals surface area (Å²) in [5, 5.41) is 8.90. The number of nitriles is 1. The highest BCUT2D eigenvalue weighted by atomic mass is 19.1. The average Bonchev–Trinajstić information content (AvgIpc) is 2.29. The SMILES string of the molecule is N#Cc1ccncc1N1CCC=C(F)C1. The van der Waals surface area contributed by atoms with Gasteiger partial charge in [0, 0.05) is 12.7 Å². The van der Waals surface area contributed by atoms with Crippen molar-refractivity contribution in [2.45, 2.75) is 6.42 Å². The molecule has 0 bridgehead atoms. The molecule has 0 N–H and O–H groups in total. The molecule has 0 aromatic carbocycles. The molecule has 15 heavy (non-hydrogen) atoms. The quantitative estimate of drug-likeness (QED) is 0.701. The van der Waals surface area contributed by atoms with Crippen molar-refractivity contribution >= 4 is 5.69 Å². The standard InChI is InChI=1S/C11H10FN3/c12-10-2-1-5-15(8-10)11-7-14-4-3-9(11)6-13/h2-4,7H,1,5,8H2. The molecule has 0 radical (unpaired) electrons. The first-order chi connectivity index (χ1) is 7.31. The van der Waals surface area contributed by atoms with Crippen LogP contribution in [0.15, 0.2) is 30.4 Å². The van der Waals surface area contributed by atoms with Crippen LogP contribution in [0.3, 0.4) is 0 Å². The molecule has 0 aliphatic carbocycles. The minimum absolute atomic E-state index is 0.144. The summed E-state index contributed by atoms with van der Waals surface area (Å²) < 4.78 is 13.1. The predicted octanol–water partition coefficient (Wildman–Crippen LogP) is 2.02. The summed E-state index contributed by atoms with van der Waals surface area (Å²) in [4.78, 5) is 5.79. The Hall–Kier alpha value is -1.89. The van der Waals surface area contributed by atoms with E-state index in [9.17, 15) is 4.39 Å². The average molecular weight is 203 g/mol. The summed E-state index contributed by atoms with van der Waals surface area (Å²) in [6.45, 7) is 0.966. The van der Waals surface area contributed by atoms with Crippen LogP contribution < -0.4 is 4.90 Å². The van der Waals surface area contributed by atoms with Gasteiger partial charge in [-0.3, -0.25) is 4.98 Å². The van der Waals surface area contributed by atoms with E-state index >= 15 is 0 Å². The molecular formula is C11H10FN3. The number of hydrogen-bond donors (Lipinski definition) is 0. The van der Waals surface area contributed by atoms with Gasteiger partial charge >= 0.3 is 0 Å². The fourth-order valence-electron chi connectivity index (χ4n) is 1.64. The second-order valence-corrected chi connectivity index (χ2v) is 3.37. The maximum absolute atomic E-state index is 13.1. The molecule has 0 unspecified atom stereocenters. The van der Waals surface area contributed by atoms with Gasteiger partial charge in [0.2, 0.25) is 0 Å². The van der Waals surface area contributed by atoms with Gasteiger partial charge in [0.1, 0.15) is 11.9 Å². The summed E-state index contributed by atoms with van der Waals surface area (Å²) in [6.07, 6.45) is 5.43. The predicted molar refractivity (Wildman–Crippen MR) is 55.0 cm³/mol. The van der Waals surface area contributed by atoms with Crippen molar-refractivity contribution < 1.29 is 4.39 Å². The van der Waals surface area contributed by atoms with E-state index in [1.807, 2.05) is 4.90 Å². The maximum atomic E-state index is 13.1. The molecule has 4 heteroatoms. The third-order valence-corrected chi connectivity index (χ3v) is 2.37. The first-order valence-corrected chi connectivity index (χ1v) is 4.75. The molecule has 2 rings (SSSR count). The molecule has 0 amide bonds. The van der Waals surface area contributed by atoms with E-state index in [-0.39, 0.29) is 12.4 Å². The van der Waals surface area contributed by atoms with Gasteiger partial charge in [0.15, 0.2) is 0 Å². The summed E-state index contributed by atoms with van der Waals surface area (Å²) in [5.74, 6) is -0.144. The van der Waals surface area contributed by atoms with Crippen molar-refractivity contribution in [1.29, 1.82) is 5.26 Å². The molecular weight excluding hydrogens is 193 g/mol. The smallest absolute Gasteiger partial charge is 0.115 e. The van der Waals surface area contributed by atoms with Gasteiger partial charge in [0.05, 0.1) is 24.0 Å². The minimum atomic E-state index is -0.144. The lowest BCUT2D eigenvalue weighted by molar-refractivity contribution is 0.574. The van der Waals surface area contributed by atoms with E-state index in [4.69, 9.17) is 5.26 Å². The zero-order valence-corrected chi connectivity index (χ0v) is 8.15. The van der Waals surface area contributed by atoms with Gasteiger partial charge in [-0.05, 0) is 18.6 Å². The summed E-state index contributed by atoms with van der Waals surface area (Å²) >= 11 is 0. The molecule has 0 saturated carbocycles. The molecule has 1 aromatic rings. The Morgan fingerprint density at radius 3 is 3.13 bits per heavy atom. The Balaban J connectivity index is 2.30. The van der Waals surface area contributed by atoms with Gasteiger partial charge in [0.25, 0.3) is 0 Å². The van der Waals surface area contributed by atoms with Crippen molar-refractivity contribution in [2.75, 3.05) is 18.0 Å². The second-order valence-electron chi connectivity index (χ2n) is 3.37. The van der Waals surface area contributed by atoms with Gasteiger partial charge in [-0.15, -0.1) is 0 Å². The van der Waals surface area contributed by atoms with Gasteiger partial charge in [-0.2, -0.15) is 5.26 Å². The lowest BCUT2D eigenvalue weighted by atomic mass is 10.1. The van der Waals surface area contributed by atoms with Crippen molar-refractivity contribution in [2.24, 2.45) is 0 Å². The summed E-state index contributed by atoms with van der Waals surface area (Å²) in [7, 11) is 0. The van der Waals surface area contributed by atoms with E-state index in [1.165, 1.54) is 0 Å². The molecule has 2 heterocycles. The van der Waals surface area contributed by atoms with Gasteiger partial charge in [-0.25, -0.2) is 4.39 Å². The number of rotatable bonds is 1. The molecule has 0 saturated heterocycles. The van der Waals surface area contributed by atoms with Crippen molar-refractivity contribution in [1.82, 2.24) is 4.98 Å². The topological polar surface area (TPSA) is 39.9 Å².